The van der Waals surface area contributed by atoms with Crippen LogP contribution in [0.5, 0.6) is 0 Å². The van der Waals surface area contributed by atoms with E-state index >= 15 is 0 Å². The van der Waals surface area contributed by atoms with Gasteiger partial charge >= 0.3 is 0 Å². The lowest BCUT2D eigenvalue weighted by atomic mass is 10.3. The number of aryl methyl sites for hydroxylation is 2. The van der Waals surface area contributed by atoms with Crippen molar-refractivity contribution >= 4 is 11.0 Å². The van der Waals surface area contributed by atoms with Gasteiger partial charge < -0.3 is 9.09 Å². The average Bonchev–Trinajstić information content (AvgIpc) is 2.85. The highest BCUT2D eigenvalue weighted by molar-refractivity contribution is 5.75. The van der Waals surface area contributed by atoms with E-state index in [1.807, 2.05) is 31.2 Å². The maximum Gasteiger partial charge on any atom is 0.223 e. The van der Waals surface area contributed by atoms with E-state index < -0.39 is 0 Å². The first-order chi connectivity index (χ1) is 8.24. The molecule has 0 fully saturated rings. The van der Waals surface area contributed by atoms with Gasteiger partial charge in [-0.05, 0) is 19.1 Å². The first kappa shape index (κ1) is 10.0. The van der Waals surface area contributed by atoms with Gasteiger partial charge in [0.05, 0.1) is 17.6 Å². The Bertz CT molecular complexity index is 668. The van der Waals surface area contributed by atoms with Crippen LogP contribution in [0.15, 0.2) is 28.8 Å². The van der Waals surface area contributed by atoms with Crippen molar-refractivity contribution < 1.29 is 4.52 Å². The Morgan fingerprint density at radius 2 is 2.00 bits per heavy atom. The summed E-state index contributed by atoms with van der Waals surface area (Å²) in [5.41, 5.74) is 2.08. The molecule has 5 nitrogen and oxygen atoms in total. The zero-order valence-corrected chi connectivity index (χ0v) is 9.71. The molecule has 0 N–H and O–H groups in total. The molecule has 86 valence electrons. The van der Waals surface area contributed by atoms with Crippen molar-refractivity contribution in [1.29, 1.82) is 0 Å². The van der Waals surface area contributed by atoms with Crippen molar-refractivity contribution in [2.75, 3.05) is 0 Å². The molecule has 2 aromatic heterocycles. The molecule has 0 saturated heterocycles. The van der Waals surface area contributed by atoms with Gasteiger partial charge in [-0.25, -0.2) is 4.98 Å². The maximum absolute atomic E-state index is 4.97. The van der Waals surface area contributed by atoms with Crippen molar-refractivity contribution in [1.82, 2.24) is 19.7 Å². The zero-order chi connectivity index (χ0) is 11.8. The Labute approximate surface area is 98.1 Å². The van der Waals surface area contributed by atoms with Crippen LogP contribution in [0.25, 0.3) is 11.0 Å². The van der Waals surface area contributed by atoms with Crippen LogP contribution in [0.2, 0.25) is 0 Å². The number of benzene rings is 1. The maximum atomic E-state index is 4.97. The normalized spacial score (nSPS) is 11.2. The molecule has 17 heavy (non-hydrogen) atoms. The van der Waals surface area contributed by atoms with E-state index in [2.05, 4.69) is 19.7 Å². The van der Waals surface area contributed by atoms with Gasteiger partial charge in [0.2, 0.25) is 5.89 Å². The Kier molecular flexibility index (Phi) is 2.18. The second kappa shape index (κ2) is 3.69. The second-order valence-electron chi connectivity index (χ2n) is 3.96. The smallest absolute Gasteiger partial charge is 0.223 e. The predicted molar refractivity (Wildman–Crippen MR) is 62.6 cm³/mol. The van der Waals surface area contributed by atoms with Crippen LogP contribution in [0.1, 0.15) is 17.5 Å². The molecule has 0 saturated carbocycles. The molecule has 0 spiro atoms. The van der Waals surface area contributed by atoms with Gasteiger partial charge in [0.15, 0.2) is 5.82 Å². The third kappa shape index (κ3) is 1.69. The van der Waals surface area contributed by atoms with Crippen molar-refractivity contribution in [3.63, 3.8) is 0 Å². The number of para-hydroxylation sites is 2. The summed E-state index contributed by atoms with van der Waals surface area (Å²) in [6.45, 7) is 4.35. The largest absolute Gasteiger partial charge is 0.340 e. The summed E-state index contributed by atoms with van der Waals surface area (Å²) in [4.78, 5) is 8.70. The predicted octanol–water partition coefficient (Wildman–Crippen LogP) is 2.08. The summed E-state index contributed by atoms with van der Waals surface area (Å²) in [6.07, 6.45) is 0. The van der Waals surface area contributed by atoms with E-state index in [0.717, 1.165) is 16.9 Å². The van der Waals surface area contributed by atoms with E-state index in [0.29, 0.717) is 18.3 Å². The minimum absolute atomic E-state index is 0.585. The highest BCUT2D eigenvalue weighted by Gasteiger charge is 2.10. The molecular weight excluding hydrogens is 216 g/mol. The van der Waals surface area contributed by atoms with Crippen LogP contribution in [0.4, 0.5) is 0 Å². The summed E-state index contributed by atoms with van der Waals surface area (Å²) in [5, 5.41) is 3.90. The van der Waals surface area contributed by atoms with E-state index in [1.54, 1.807) is 6.92 Å². The Morgan fingerprint density at radius 1 is 1.18 bits per heavy atom. The minimum Gasteiger partial charge on any atom is -0.340 e. The van der Waals surface area contributed by atoms with Gasteiger partial charge in [0, 0.05) is 6.92 Å². The third-order valence-corrected chi connectivity index (χ3v) is 2.71. The first-order valence-electron chi connectivity index (χ1n) is 5.45. The van der Waals surface area contributed by atoms with Crippen LogP contribution in [0, 0.1) is 13.8 Å². The monoisotopic (exact) mass is 228 g/mol. The molecular formula is C12H12N4O. The number of aromatic nitrogens is 4. The van der Waals surface area contributed by atoms with Gasteiger partial charge in [-0.1, -0.05) is 17.3 Å². The molecule has 0 amide bonds. The quantitative estimate of drug-likeness (QED) is 0.673. The standard InChI is InChI=1S/C12H12N4O/c1-8-13-10-5-3-4-6-11(10)16(8)7-12-14-9(2)17-15-12/h3-6H,7H2,1-2H3. The molecule has 2 heterocycles. The zero-order valence-electron chi connectivity index (χ0n) is 9.71. The lowest BCUT2D eigenvalue weighted by molar-refractivity contribution is 0.386. The fourth-order valence-corrected chi connectivity index (χ4v) is 1.94. The average molecular weight is 228 g/mol. The number of fused-ring (bicyclic) bond motifs is 1. The van der Waals surface area contributed by atoms with Crippen LogP contribution in [0.3, 0.4) is 0 Å². The molecule has 3 aromatic rings. The molecule has 0 radical (unpaired) electrons. The lowest BCUT2D eigenvalue weighted by Crippen LogP contribution is -2.03. The second-order valence-corrected chi connectivity index (χ2v) is 3.96. The van der Waals surface area contributed by atoms with E-state index in [-0.39, 0.29) is 0 Å². The number of hydrogen-bond donors (Lipinski definition) is 0. The molecule has 1 aromatic carbocycles. The summed E-state index contributed by atoms with van der Waals surface area (Å²) in [6, 6.07) is 8.03. The molecule has 0 aliphatic rings. The summed E-state index contributed by atoms with van der Waals surface area (Å²) < 4.78 is 7.05. The molecule has 0 bridgehead atoms. The molecule has 0 atom stereocenters. The highest BCUT2D eigenvalue weighted by Crippen LogP contribution is 2.16. The van der Waals surface area contributed by atoms with Gasteiger partial charge in [0.25, 0.3) is 0 Å². The molecule has 0 unspecified atom stereocenters. The number of hydrogen-bond acceptors (Lipinski definition) is 4. The van der Waals surface area contributed by atoms with Crippen LogP contribution < -0.4 is 0 Å². The van der Waals surface area contributed by atoms with Gasteiger partial charge in [-0.2, -0.15) is 4.98 Å². The molecule has 0 aliphatic carbocycles. The first-order valence-corrected chi connectivity index (χ1v) is 5.45. The number of rotatable bonds is 2. The number of nitrogens with zero attached hydrogens (tertiary/aromatic N) is 4. The summed E-state index contributed by atoms with van der Waals surface area (Å²) in [7, 11) is 0. The number of imidazole rings is 1. The van der Waals surface area contributed by atoms with E-state index in [9.17, 15) is 0 Å². The van der Waals surface area contributed by atoms with Gasteiger partial charge in [-0.15, -0.1) is 0 Å². The molecule has 5 heteroatoms. The van der Waals surface area contributed by atoms with E-state index in [4.69, 9.17) is 4.52 Å². The lowest BCUT2D eigenvalue weighted by Gasteiger charge is -2.02. The fourth-order valence-electron chi connectivity index (χ4n) is 1.94. The third-order valence-electron chi connectivity index (χ3n) is 2.71. The van der Waals surface area contributed by atoms with Gasteiger partial charge in [0.1, 0.15) is 5.82 Å². The molecule has 0 aliphatic heterocycles. The Morgan fingerprint density at radius 3 is 2.76 bits per heavy atom. The Hall–Kier alpha value is -2.17. The summed E-state index contributed by atoms with van der Waals surface area (Å²) >= 11 is 0. The van der Waals surface area contributed by atoms with Crippen LogP contribution in [-0.4, -0.2) is 19.7 Å². The van der Waals surface area contributed by atoms with Gasteiger partial charge in [-0.3, -0.25) is 0 Å². The van der Waals surface area contributed by atoms with Crippen molar-refractivity contribution in [3.05, 3.63) is 41.8 Å². The molecule has 3 rings (SSSR count). The van der Waals surface area contributed by atoms with Crippen LogP contribution >= 0.6 is 0 Å². The van der Waals surface area contributed by atoms with Crippen molar-refractivity contribution in [2.24, 2.45) is 0 Å². The SMILES string of the molecule is Cc1nc(Cn2c(C)nc3ccccc32)no1. The highest BCUT2D eigenvalue weighted by atomic mass is 16.5. The van der Waals surface area contributed by atoms with Crippen molar-refractivity contribution in [2.45, 2.75) is 20.4 Å². The van der Waals surface area contributed by atoms with Crippen LogP contribution in [-0.2, 0) is 6.54 Å². The Balaban J connectivity index is 2.08. The van der Waals surface area contributed by atoms with Crippen molar-refractivity contribution in [3.8, 4) is 0 Å². The minimum atomic E-state index is 0.585. The summed E-state index contributed by atoms with van der Waals surface area (Å²) in [5.74, 6) is 2.21. The van der Waals surface area contributed by atoms with E-state index in [1.165, 1.54) is 0 Å². The topological polar surface area (TPSA) is 56.7 Å². The fraction of sp³-hybridized carbons (Fsp3) is 0.250.